The number of thiophene rings is 1. The number of nitrogens with one attached hydrogen (secondary N) is 2. The number of halogens is 2. The van der Waals surface area contributed by atoms with Gasteiger partial charge in [0.2, 0.25) is 0 Å². The molecule has 3 heterocycles. The van der Waals surface area contributed by atoms with Gasteiger partial charge in [0.15, 0.2) is 5.82 Å². The van der Waals surface area contributed by atoms with E-state index in [1.807, 2.05) is 0 Å². The van der Waals surface area contributed by atoms with Crippen LogP contribution in [0.2, 0.25) is 0 Å². The minimum Gasteiger partial charge on any atom is -0.381 e. The maximum atomic E-state index is 12.8. The van der Waals surface area contributed by atoms with Gasteiger partial charge in [-0.2, -0.15) is 5.10 Å². The number of aromatic nitrogens is 3. The molecular weight excluding hydrogens is 314 g/mol. The fourth-order valence-electron chi connectivity index (χ4n) is 2.25. The summed E-state index contributed by atoms with van der Waals surface area (Å²) in [6, 6.07) is 1.39. The number of carbonyl (C=O) groups is 1. The molecule has 0 bridgehead atoms. The van der Waals surface area contributed by atoms with Crippen molar-refractivity contribution in [1.82, 2.24) is 20.5 Å². The van der Waals surface area contributed by atoms with Gasteiger partial charge >= 0.3 is 0 Å². The summed E-state index contributed by atoms with van der Waals surface area (Å²) in [5, 5.41) is 10.9. The highest BCUT2D eigenvalue weighted by Crippen LogP contribution is 2.28. The summed E-state index contributed by atoms with van der Waals surface area (Å²) in [6.07, 6.45) is -1.78. The summed E-state index contributed by atoms with van der Waals surface area (Å²) in [4.78, 5) is 16.0. The van der Waals surface area contributed by atoms with Gasteiger partial charge in [0, 0.05) is 12.5 Å². The second-order valence-corrected chi connectivity index (χ2v) is 5.83. The molecule has 6 nitrogen and oxygen atoms in total. The predicted molar refractivity (Wildman–Crippen MR) is 75.0 cm³/mol. The lowest BCUT2D eigenvalue weighted by Gasteiger charge is -2.04. The van der Waals surface area contributed by atoms with E-state index >= 15 is 0 Å². The summed E-state index contributed by atoms with van der Waals surface area (Å²) < 4.78 is 30.8. The third-order valence-electron chi connectivity index (χ3n) is 3.40. The number of H-pyrrole nitrogens is 1. The molecular formula is C13H14F2N4O2S. The van der Waals surface area contributed by atoms with Crippen LogP contribution in [0.4, 0.5) is 8.78 Å². The Morgan fingerprint density at radius 1 is 1.59 bits per heavy atom. The highest BCUT2D eigenvalue weighted by molar-refractivity contribution is 7.10. The normalized spacial score (nSPS) is 18.0. The molecule has 9 heteroatoms. The number of amides is 1. The second-order valence-electron chi connectivity index (χ2n) is 4.88. The van der Waals surface area contributed by atoms with Gasteiger partial charge in [-0.15, -0.1) is 11.3 Å². The molecule has 1 fully saturated rings. The van der Waals surface area contributed by atoms with E-state index in [4.69, 9.17) is 4.74 Å². The van der Waals surface area contributed by atoms with Gasteiger partial charge in [-0.25, -0.2) is 13.8 Å². The highest BCUT2D eigenvalue weighted by atomic mass is 32.1. The third-order valence-corrected chi connectivity index (χ3v) is 4.32. The van der Waals surface area contributed by atoms with E-state index in [2.05, 4.69) is 20.5 Å². The van der Waals surface area contributed by atoms with Crippen molar-refractivity contribution in [3.8, 4) is 0 Å². The van der Waals surface area contributed by atoms with Crippen molar-refractivity contribution in [3.05, 3.63) is 33.5 Å². The van der Waals surface area contributed by atoms with Crippen LogP contribution in [0.15, 0.2) is 11.4 Å². The Hall–Kier alpha value is -1.87. The molecule has 1 atom stereocenters. The standard InChI is InChI=1S/C13H14F2N4O2S/c14-11(15)10-8(2-4-22-10)13(20)16-5-9-17-12(19-18-9)7-1-3-21-6-7/h2,4,7,11H,1,3,5-6H2,(H,16,20)(H,17,18,19). The Bertz CT molecular complexity index is 652. The lowest BCUT2D eigenvalue weighted by molar-refractivity contribution is 0.0939. The molecule has 1 unspecified atom stereocenters. The van der Waals surface area contributed by atoms with Gasteiger partial charge in [-0.1, -0.05) is 0 Å². The van der Waals surface area contributed by atoms with Gasteiger partial charge in [0.25, 0.3) is 12.3 Å². The second kappa shape index (κ2) is 6.49. The SMILES string of the molecule is O=C(NCc1nc(C2CCOC2)n[nH]1)c1ccsc1C(F)F. The van der Waals surface area contributed by atoms with Crippen LogP contribution in [0.5, 0.6) is 0 Å². The highest BCUT2D eigenvalue weighted by Gasteiger charge is 2.23. The number of hydrogen-bond acceptors (Lipinski definition) is 5. The molecule has 2 aromatic rings. The molecule has 1 saturated heterocycles. The van der Waals surface area contributed by atoms with E-state index in [0.29, 0.717) is 24.9 Å². The number of rotatable bonds is 5. The molecule has 0 spiro atoms. The summed E-state index contributed by atoms with van der Waals surface area (Å²) in [5.41, 5.74) is 0.00364. The zero-order chi connectivity index (χ0) is 15.5. The Morgan fingerprint density at radius 3 is 3.18 bits per heavy atom. The Balaban J connectivity index is 1.60. The van der Waals surface area contributed by atoms with Crippen molar-refractivity contribution in [3.63, 3.8) is 0 Å². The van der Waals surface area contributed by atoms with Gasteiger partial charge in [-0.3, -0.25) is 9.89 Å². The average Bonchev–Trinajstić information content (AvgIpc) is 3.23. The van der Waals surface area contributed by atoms with Crippen molar-refractivity contribution < 1.29 is 18.3 Å². The first-order chi connectivity index (χ1) is 10.6. The largest absolute Gasteiger partial charge is 0.381 e. The van der Waals surface area contributed by atoms with Crippen molar-refractivity contribution in [1.29, 1.82) is 0 Å². The van der Waals surface area contributed by atoms with Crippen LogP contribution >= 0.6 is 11.3 Å². The maximum absolute atomic E-state index is 12.8. The molecule has 0 radical (unpaired) electrons. The van der Waals surface area contributed by atoms with Crippen LogP contribution in [0.1, 0.15) is 45.6 Å². The lowest BCUT2D eigenvalue weighted by Crippen LogP contribution is -2.24. The van der Waals surface area contributed by atoms with Crippen LogP contribution in [0, 0.1) is 0 Å². The molecule has 0 aliphatic carbocycles. The average molecular weight is 328 g/mol. The van der Waals surface area contributed by atoms with E-state index in [1.165, 1.54) is 11.4 Å². The van der Waals surface area contributed by atoms with Gasteiger partial charge in [-0.05, 0) is 17.9 Å². The number of hydrogen-bond donors (Lipinski definition) is 2. The number of aromatic amines is 1. The zero-order valence-corrected chi connectivity index (χ0v) is 12.3. The van der Waals surface area contributed by atoms with Crippen molar-refractivity contribution in [2.75, 3.05) is 13.2 Å². The summed E-state index contributed by atoms with van der Waals surface area (Å²) in [5.74, 6) is 0.774. The quantitative estimate of drug-likeness (QED) is 0.882. The molecule has 2 aromatic heterocycles. The number of alkyl halides is 2. The van der Waals surface area contributed by atoms with E-state index in [1.54, 1.807) is 0 Å². The monoisotopic (exact) mass is 328 g/mol. The molecule has 118 valence electrons. The zero-order valence-electron chi connectivity index (χ0n) is 11.5. The molecule has 1 aliphatic rings. The Kier molecular flexibility index (Phi) is 4.44. The number of nitrogens with zero attached hydrogens (tertiary/aromatic N) is 2. The first-order valence-electron chi connectivity index (χ1n) is 6.78. The minimum atomic E-state index is -2.65. The van der Waals surface area contributed by atoms with Crippen molar-refractivity contribution in [2.45, 2.75) is 25.3 Å². The molecule has 1 aliphatic heterocycles. The van der Waals surface area contributed by atoms with E-state index in [0.717, 1.165) is 17.8 Å². The summed E-state index contributed by atoms with van der Waals surface area (Å²) in [7, 11) is 0. The molecule has 22 heavy (non-hydrogen) atoms. The minimum absolute atomic E-state index is 0.00364. The first-order valence-corrected chi connectivity index (χ1v) is 7.65. The van der Waals surface area contributed by atoms with Crippen molar-refractivity contribution >= 4 is 17.2 Å². The third kappa shape index (κ3) is 3.14. The maximum Gasteiger partial charge on any atom is 0.273 e. The fourth-order valence-corrected chi connectivity index (χ4v) is 2.99. The lowest BCUT2D eigenvalue weighted by atomic mass is 10.1. The van der Waals surface area contributed by atoms with E-state index in [-0.39, 0.29) is 22.9 Å². The van der Waals surface area contributed by atoms with E-state index in [9.17, 15) is 13.6 Å². The van der Waals surface area contributed by atoms with Crippen LogP contribution in [0.25, 0.3) is 0 Å². The van der Waals surface area contributed by atoms with Gasteiger partial charge in [0.05, 0.1) is 23.6 Å². The van der Waals surface area contributed by atoms with Crippen molar-refractivity contribution in [2.24, 2.45) is 0 Å². The molecule has 1 amide bonds. The molecule has 3 rings (SSSR count). The Labute approximate surface area is 128 Å². The number of ether oxygens (including phenoxy) is 1. The van der Waals surface area contributed by atoms with Gasteiger partial charge in [0.1, 0.15) is 5.82 Å². The van der Waals surface area contributed by atoms with E-state index < -0.39 is 12.3 Å². The Morgan fingerprint density at radius 2 is 2.45 bits per heavy atom. The molecule has 2 N–H and O–H groups in total. The topological polar surface area (TPSA) is 79.9 Å². The van der Waals surface area contributed by atoms with Gasteiger partial charge < -0.3 is 10.1 Å². The van der Waals surface area contributed by atoms with Crippen LogP contribution in [-0.2, 0) is 11.3 Å². The fraction of sp³-hybridized carbons (Fsp3) is 0.462. The molecule has 0 aromatic carbocycles. The smallest absolute Gasteiger partial charge is 0.273 e. The predicted octanol–water partition coefficient (Wildman–Crippen LogP) is 2.24. The summed E-state index contributed by atoms with van der Waals surface area (Å²) in [6.45, 7) is 1.40. The van der Waals surface area contributed by atoms with Crippen LogP contribution in [0.3, 0.4) is 0 Å². The molecule has 0 saturated carbocycles. The summed E-state index contributed by atoms with van der Waals surface area (Å²) >= 11 is 0.868. The first kappa shape index (κ1) is 15.0. The van der Waals surface area contributed by atoms with Crippen LogP contribution < -0.4 is 5.32 Å². The van der Waals surface area contributed by atoms with Crippen LogP contribution in [-0.4, -0.2) is 34.3 Å². The number of carbonyl (C=O) groups excluding carboxylic acids is 1.